The average molecular weight is 289 g/mol. The molecule has 0 atom stereocenters. The van der Waals surface area contributed by atoms with E-state index in [-0.39, 0.29) is 5.41 Å². The Kier molecular flexibility index (Phi) is 3.79. The van der Waals surface area contributed by atoms with Crippen LogP contribution in [0.4, 0.5) is 0 Å². The SMILES string of the molecule is CC(C)(C)c1cc2c(C#N)c(c1)CCc1ccc(cc1)CC2. The van der Waals surface area contributed by atoms with Crippen LogP contribution in [0.2, 0.25) is 0 Å². The maximum Gasteiger partial charge on any atom is 0.0997 e. The van der Waals surface area contributed by atoms with Gasteiger partial charge in [0.25, 0.3) is 0 Å². The van der Waals surface area contributed by atoms with Gasteiger partial charge in [-0.3, -0.25) is 0 Å². The van der Waals surface area contributed by atoms with E-state index in [1.165, 1.54) is 27.8 Å². The van der Waals surface area contributed by atoms with Crippen molar-refractivity contribution < 1.29 is 0 Å². The molecule has 0 N–H and O–H groups in total. The number of benzene rings is 2. The third kappa shape index (κ3) is 2.92. The second kappa shape index (κ2) is 5.61. The molecule has 0 amide bonds. The third-order valence-electron chi connectivity index (χ3n) is 4.67. The fourth-order valence-corrected chi connectivity index (χ4v) is 3.17. The second-order valence-corrected chi connectivity index (χ2v) is 7.35. The monoisotopic (exact) mass is 289 g/mol. The van der Waals surface area contributed by atoms with Crippen molar-refractivity contribution in [1.82, 2.24) is 0 Å². The lowest BCUT2D eigenvalue weighted by Gasteiger charge is -2.22. The summed E-state index contributed by atoms with van der Waals surface area (Å²) in [5, 5.41) is 9.66. The smallest absolute Gasteiger partial charge is 0.0997 e. The minimum Gasteiger partial charge on any atom is -0.192 e. The Bertz CT molecular complexity index is 676. The summed E-state index contributed by atoms with van der Waals surface area (Å²) in [4.78, 5) is 0. The van der Waals surface area contributed by atoms with Crippen molar-refractivity contribution in [2.45, 2.75) is 51.9 Å². The summed E-state index contributed by atoms with van der Waals surface area (Å²) < 4.78 is 0. The number of aryl methyl sites for hydroxylation is 4. The Balaban J connectivity index is 2.14. The lowest BCUT2D eigenvalue weighted by molar-refractivity contribution is 0.588. The van der Waals surface area contributed by atoms with Crippen LogP contribution >= 0.6 is 0 Å². The van der Waals surface area contributed by atoms with E-state index in [4.69, 9.17) is 0 Å². The summed E-state index contributed by atoms with van der Waals surface area (Å²) in [5.74, 6) is 0. The minimum atomic E-state index is 0.118. The molecule has 0 aromatic heterocycles. The van der Waals surface area contributed by atoms with E-state index in [2.05, 4.69) is 63.2 Å². The van der Waals surface area contributed by atoms with Gasteiger partial charge in [-0.2, -0.15) is 5.26 Å². The molecule has 0 spiro atoms. The van der Waals surface area contributed by atoms with Gasteiger partial charge in [0.05, 0.1) is 11.6 Å². The van der Waals surface area contributed by atoms with E-state index in [9.17, 15) is 5.26 Å². The normalized spacial score (nSPS) is 14.3. The van der Waals surface area contributed by atoms with Crippen LogP contribution < -0.4 is 0 Å². The van der Waals surface area contributed by atoms with Crippen molar-refractivity contribution in [1.29, 1.82) is 5.26 Å². The number of hydrogen-bond acceptors (Lipinski definition) is 1. The Morgan fingerprint density at radius 1 is 0.818 bits per heavy atom. The van der Waals surface area contributed by atoms with Gasteiger partial charge in [0.15, 0.2) is 0 Å². The molecule has 2 aromatic rings. The first-order chi connectivity index (χ1) is 10.5. The van der Waals surface area contributed by atoms with E-state index < -0.39 is 0 Å². The Labute approximate surface area is 133 Å². The van der Waals surface area contributed by atoms with Crippen LogP contribution in [0.1, 0.15) is 54.2 Å². The maximum absolute atomic E-state index is 9.66. The fourth-order valence-electron chi connectivity index (χ4n) is 3.17. The Morgan fingerprint density at radius 2 is 1.27 bits per heavy atom. The molecule has 2 aliphatic carbocycles. The van der Waals surface area contributed by atoms with Gasteiger partial charge in [0.1, 0.15) is 0 Å². The molecule has 4 bridgehead atoms. The van der Waals surface area contributed by atoms with Gasteiger partial charge in [-0.1, -0.05) is 57.2 Å². The zero-order chi connectivity index (χ0) is 15.7. The number of nitriles is 1. The number of hydrogen-bond donors (Lipinski definition) is 0. The number of fused-ring (bicyclic) bond motifs is 4. The van der Waals surface area contributed by atoms with Crippen molar-refractivity contribution in [3.05, 3.63) is 69.8 Å². The summed E-state index contributed by atoms with van der Waals surface area (Å²) >= 11 is 0. The van der Waals surface area contributed by atoms with Crippen molar-refractivity contribution >= 4 is 0 Å². The predicted molar refractivity (Wildman–Crippen MR) is 91.1 cm³/mol. The average Bonchev–Trinajstić information content (AvgIpc) is 2.52. The van der Waals surface area contributed by atoms with Crippen molar-refractivity contribution in [3.8, 4) is 6.07 Å². The van der Waals surface area contributed by atoms with E-state index >= 15 is 0 Å². The summed E-state index contributed by atoms with van der Waals surface area (Å²) in [6, 6.07) is 15.9. The zero-order valence-corrected chi connectivity index (χ0v) is 13.7. The van der Waals surface area contributed by atoms with Gasteiger partial charge in [-0.15, -0.1) is 0 Å². The standard InChI is InChI=1S/C21H23N/c1-21(2,3)19-12-17-10-8-15-4-5-16(7-6-15)9-11-18(13-19)20(17)14-22/h4-7,12-13H,8-11H2,1-3H3. The second-order valence-electron chi connectivity index (χ2n) is 7.35. The molecule has 4 rings (SSSR count). The highest BCUT2D eigenvalue weighted by Crippen LogP contribution is 2.29. The van der Waals surface area contributed by atoms with E-state index in [0.717, 1.165) is 31.2 Å². The summed E-state index contributed by atoms with van der Waals surface area (Å²) in [7, 11) is 0. The van der Waals surface area contributed by atoms with Crippen LogP contribution in [0.15, 0.2) is 36.4 Å². The van der Waals surface area contributed by atoms with Crippen LogP contribution in [0.5, 0.6) is 0 Å². The quantitative estimate of drug-likeness (QED) is 0.687. The van der Waals surface area contributed by atoms with E-state index in [0.29, 0.717) is 0 Å². The number of rotatable bonds is 0. The Morgan fingerprint density at radius 3 is 1.64 bits per heavy atom. The first kappa shape index (κ1) is 14.9. The van der Waals surface area contributed by atoms with Gasteiger partial charge >= 0.3 is 0 Å². The largest absolute Gasteiger partial charge is 0.192 e. The van der Waals surface area contributed by atoms with Crippen molar-refractivity contribution in [2.75, 3.05) is 0 Å². The molecule has 1 heteroatoms. The van der Waals surface area contributed by atoms with Crippen molar-refractivity contribution in [2.24, 2.45) is 0 Å². The fraction of sp³-hybridized carbons (Fsp3) is 0.381. The molecule has 112 valence electrons. The van der Waals surface area contributed by atoms with Gasteiger partial charge < -0.3 is 0 Å². The molecule has 0 unspecified atom stereocenters. The lowest BCUT2D eigenvalue weighted by atomic mass is 9.82. The summed E-state index contributed by atoms with van der Waals surface area (Å²) in [5.41, 5.74) is 7.53. The van der Waals surface area contributed by atoms with Gasteiger partial charge in [-0.05, 0) is 58.9 Å². The highest BCUT2D eigenvalue weighted by molar-refractivity contribution is 5.49. The van der Waals surface area contributed by atoms with Crippen molar-refractivity contribution in [3.63, 3.8) is 0 Å². The molecule has 0 saturated carbocycles. The van der Waals surface area contributed by atoms with Crippen LogP contribution in [-0.4, -0.2) is 0 Å². The van der Waals surface area contributed by atoms with Crippen LogP contribution in [0, 0.1) is 11.3 Å². The Hall–Kier alpha value is -2.07. The van der Waals surface area contributed by atoms with E-state index in [1.54, 1.807) is 0 Å². The molecule has 0 fully saturated rings. The first-order valence-corrected chi connectivity index (χ1v) is 8.11. The highest BCUT2D eigenvalue weighted by atomic mass is 14.3. The summed E-state index contributed by atoms with van der Waals surface area (Å²) in [6.07, 6.45) is 3.89. The van der Waals surface area contributed by atoms with E-state index in [1.807, 2.05) is 0 Å². The molecule has 22 heavy (non-hydrogen) atoms. The molecular weight excluding hydrogens is 266 g/mol. The molecular formula is C21H23N. The molecule has 0 aliphatic heterocycles. The molecule has 0 heterocycles. The zero-order valence-electron chi connectivity index (χ0n) is 13.7. The van der Waals surface area contributed by atoms with Gasteiger partial charge in [0, 0.05) is 0 Å². The lowest BCUT2D eigenvalue weighted by Crippen LogP contribution is -2.14. The molecule has 2 aromatic carbocycles. The summed E-state index contributed by atoms with van der Waals surface area (Å²) in [6.45, 7) is 6.74. The minimum absolute atomic E-state index is 0.118. The molecule has 0 saturated heterocycles. The third-order valence-corrected chi connectivity index (χ3v) is 4.67. The van der Waals surface area contributed by atoms with Crippen LogP contribution in [-0.2, 0) is 31.1 Å². The number of nitrogens with zero attached hydrogens (tertiary/aromatic N) is 1. The predicted octanol–water partition coefficient (Wildman–Crippen LogP) is 4.74. The first-order valence-electron chi connectivity index (χ1n) is 8.11. The highest BCUT2D eigenvalue weighted by Gasteiger charge is 2.19. The molecule has 2 aliphatic rings. The van der Waals surface area contributed by atoms with Gasteiger partial charge in [-0.25, -0.2) is 0 Å². The topological polar surface area (TPSA) is 23.8 Å². The van der Waals surface area contributed by atoms with Gasteiger partial charge in [0.2, 0.25) is 0 Å². The van der Waals surface area contributed by atoms with Crippen LogP contribution in [0.25, 0.3) is 0 Å². The molecule has 0 radical (unpaired) electrons. The maximum atomic E-state index is 9.66. The molecule has 1 nitrogen and oxygen atoms in total. The van der Waals surface area contributed by atoms with Crippen LogP contribution in [0.3, 0.4) is 0 Å².